The maximum atomic E-state index is 12.5. The van der Waals surface area contributed by atoms with Crippen molar-refractivity contribution in [3.63, 3.8) is 0 Å². The van der Waals surface area contributed by atoms with Gasteiger partial charge < -0.3 is 0 Å². The average Bonchev–Trinajstić information content (AvgIpc) is 2.01. The molecule has 0 amide bonds. The quantitative estimate of drug-likeness (QED) is 0.495. The van der Waals surface area contributed by atoms with Crippen molar-refractivity contribution >= 4 is 0 Å². The van der Waals surface area contributed by atoms with Gasteiger partial charge in [-0.25, -0.2) is 10.3 Å². The number of halogens is 1. The summed E-state index contributed by atoms with van der Waals surface area (Å²) in [7, 11) is 0. The normalized spacial score (nSPS) is 10.0. The third-order valence-corrected chi connectivity index (χ3v) is 1.29. The topological polar surface area (TPSA) is 39.1 Å². The molecule has 1 aromatic rings. The van der Waals surface area contributed by atoms with Gasteiger partial charge in [0, 0.05) is 6.07 Å². The standard InChI is InChI=1S/C7H10FN2O/c8-7-2-1-3-10(6-7)4-5-11-9/h1-3,6H,4-5,9H2/q+1. The Bertz CT molecular complexity index is 229. The molecule has 1 aromatic heterocycles. The molecule has 2 N–H and O–H groups in total. The Morgan fingerprint density at radius 1 is 1.64 bits per heavy atom. The van der Waals surface area contributed by atoms with E-state index in [1.165, 1.54) is 12.3 Å². The maximum absolute atomic E-state index is 12.5. The van der Waals surface area contributed by atoms with Crippen LogP contribution in [0.5, 0.6) is 0 Å². The zero-order valence-corrected chi connectivity index (χ0v) is 6.03. The minimum absolute atomic E-state index is 0.260. The number of pyridine rings is 1. The van der Waals surface area contributed by atoms with Crippen LogP contribution < -0.4 is 10.5 Å². The third kappa shape index (κ3) is 2.61. The molecule has 0 aliphatic carbocycles. The van der Waals surface area contributed by atoms with Crippen LogP contribution in [0.15, 0.2) is 24.5 Å². The van der Waals surface area contributed by atoms with Crippen molar-refractivity contribution in [2.24, 2.45) is 5.90 Å². The molecule has 1 rings (SSSR count). The van der Waals surface area contributed by atoms with Gasteiger partial charge >= 0.3 is 0 Å². The van der Waals surface area contributed by atoms with Crippen molar-refractivity contribution < 1.29 is 13.8 Å². The molecule has 0 bridgehead atoms. The van der Waals surface area contributed by atoms with Crippen LogP contribution in [0, 0.1) is 5.82 Å². The summed E-state index contributed by atoms with van der Waals surface area (Å²) in [6.45, 7) is 0.947. The second kappa shape index (κ2) is 4.00. The predicted molar refractivity (Wildman–Crippen MR) is 36.7 cm³/mol. The summed E-state index contributed by atoms with van der Waals surface area (Å²) in [5.74, 6) is 4.55. The highest BCUT2D eigenvalue weighted by Gasteiger charge is 2.00. The lowest BCUT2D eigenvalue weighted by Crippen LogP contribution is -2.36. The maximum Gasteiger partial charge on any atom is 0.204 e. The Kier molecular flexibility index (Phi) is 2.95. The molecule has 4 heteroatoms. The van der Waals surface area contributed by atoms with E-state index in [2.05, 4.69) is 4.84 Å². The first kappa shape index (κ1) is 8.10. The molecular weight excluding hydrogens is 147 g/mol. The minimum atomic E-state index is -0.260. The van der Waals surface area contributed by atoms with Crippen LogP contribution in [-0.2, 0) is 11.4 Å². The summed E-state index contributed by atoms with van der Waals surface area (Å²) in [5.41, 5.74) is 0. The highest BCUT2D eigenvalue weighted by Crippen LogP contribution is 1.88. The summed E-state index contributed by atoms with van der Waals surface area (Å²) in [6.07, 6.45) is 3.14. The van der Waals surface area contributed by atoms with Crippen molar-refractivity contribution in [2.45, 2.75) is 6.54 Å². The van der Waals surface area contributed by atoms with Crippen molar-refractivity contribution in [3.8, 4) is 0 Å². The van der Waals surface area contributed by atoms with E-state index in [0.29, 0.717) is 13.2 Å². The zero-order chi connectivity index (χ0) is 8.10. The zero-order valence-electron chi connectivity index (χ0n) is 6.03. The molecule has 0 spiro atoms. The van der Waals surface area contributed by atoms with E-state index in [0.717, 1.165) is 0 Å². The van der Waals surface area contributed by atoms with Crippen molar-refractivity contribution in [1.82, 2.24) is 0 Å². The first-order valence-corrected chi connectivity index (χ1v) is 3.29. The smallest absolute Gasteiger partial charge is 0.204 e. The molecule has 0 unspecified atom stereocenters. The van der Waals surface area contributed by atoms with Gasteiger partial charge in [-0.15, -0.1) is 0 Å². The molecule has 11 heavy (non-hydrogen) atoms. The van der Waals surface area contributed by atoms with Crippen LogP contribution in [0.2, 0.25) is 0 Å². The van der Waals surface area contributed by atoms with Gasteiger partial charge in [-0.2, -0.15) is 4.57 Å². The first-order chi connectivity index (χ1) is 5.33. The van der Waals surface area contributed by atoms with Gasteiger partial charge in [0.2, 0.25) is 6.20 Å². The molecule has 0 fully saturated rings. The average molecular weight is 157 g/mol. The number of nitrogens with zero attached hydrogens (tertiary/aromatic N) is 1. The molecule has 0 saturated carbocycles. The van der Waals surface area contributed by atoms with E-state index in [1.807, 2.05) is 0 Å². The molecular formula is C7H10FN2O+. The Hall–Kier alpha value is -1.00. The van der Waals surface area contributed by atoms with Crippen molar-refractivity contribution in [3.05, 3.63) is 30.3 Å². The highest BCUT2D eigenvalue weighted by molar-refractivity contribution is 4.87. The molecule has 0 aliphatic heterocycles. The Morgan fingerprint density at radius 2 is 2.45 bits per heavy atom. The van der Waals surface area contributed by atoms with Gasteiger partial charge in [-0.3, -0.25) is 4.84 Å². The Labute approximate surface area is 64.2 Å². The van der Waals surface area contributed by atoms with Crippen molar-refractivity contribution in [2.75, 3.05) is 6.61 Å². The first-order valence-electron chi connectivity index (χ1n) is 3.29. The molecule has 0 saturated heterocycles. The summed E-state index contributed by atoms with van der Waals surface area (Å²) in [6, 6.07) is 3.02. The van der Waals surface area contributed by atoms with Gasteiger partial charge in [-0.05, 0) is 6.07 Å². The number of hydrogen-bond acceptors (Lipinski definition) is 2. The van der Waals surface area contributed by atoms with E-state index in [4.69, 9.17) is 5.90 Å². The lowest BCUT2D eigenvalue weighted by Gasteiger charge is -1.93. The lowest BCUT2D eigenvalue weighted by atomic mass is 10.4. The summed E-state index contributed by atoms with van der Waals surface area (Å²) in [5, 5.41) is 0. The lowest BCUT2D eigenvalue weighted by molar-refractivity contribution is -0.700. The fourth-order valence-electron chi connectivity index (χ4n) is 0.787. The summed E-state index contributed by atoms with van der Waals surface area (Å²) >= 11 is 0. The molecule has 0 atom stereocenters. The molecule has 1 heterocycles. The van der Waals surface area contributed by atoms with Gasteiger partial charge in [0.25, 0.3) is 0 Å². The molecule has 3 nitrogen and oxygen atoms in total. The van der Waals surface area contributed by atoms with E-state index in [1.54, 1.807) is 16.8 Å². The van der Waals surface area contributed by atoms with Gasteiger partial charge in [0.05, 0.1) is 0 Å². The second-order valence-electron chi connectivity index (χ2n) is 2.13. The van der Waals surface area contributed by atoms with Crippen LogP contribution in [-0.4, -0.2) is 6.61 Å². The van der Waals surface area contributed by atoms with Gasteiger partial charge in [-0.1, -0.05) is 0 Å². The van der Waals surface area contributed by atoms with E-state index in [9.17, 15) is 4.39 Å². The SMILES string of the molecule is NOCC[n+]1cccc(F)c1. The van der Waals surface area contributed by atoms with Crippen LogP contribution in [0.3, 0.4) is 0 Å². The minimum Gasteiger partial charge on any atom is -0.298 e. The van der Waals surface area contributed by atoms with E-state index < -0.39 is 0 Å². The summed E-state index contributed by atoms with van der Waals surface area (Å²) < 4.78 is 14.2. The van der Waals surface area contributed by atoms with Crippen LogP contribution in [0.25, 0.3) is 0 Å². The van der Waals surface area contributed by atoms with Crippen LogP contribution in [0.4, 0.5) is 4.39 Å². The Morgan fingerprint density at radius 3 is 3.09 bits per heavy atom. The van der Waals surface area contributed by atoms with Gasteiger partial charge in [0.15, 0.2) is 18.6 Å². The fraction of sp³-hybridized carbons (Fsp3) is 0.286. The molecule has 60 valence electrons. The predicted octanol–water partition coefficient (Wildman–Crippen LogP) is 0.00350. The van der Waals surface area contributed by atoms with Crippen LogP contribution >= 0.6 is 0 Å². The summed E-state index contributed by atoms with van der Waals surface area (Å²) in [4.78, 5) is 4.34. The van der Waals surface area contributed by atoms with Gasteiger partial charge in [0.1, 0.15) is 6.61 Å². The number of nitrogens with two attached hydrogens (primary N) is 1. The number of hydrogen-bond donors (Lipinski definition) is 1. The highest BCUT2D eigenvalue weighted by atomic mass is 19.1. The largest absolute Gasteiger partial charge is 0.298 e. The molecule has 0 radical (unpaired) electrons. The van der Waals surface area contributed by atoms with Crippen LogP contribution in [0.1, 0.15) is 0 Å². The number of rotatable bonds is 3. The molecule has 0 aliphatic rings. The third-order valence-electron chi connectivity index (χ3n) is 1.29. The Balaban J connectivity index is 2.56. The van der Waals surface area contributed by atoms with Crippen molar-refractivity contribution in [1.29, 1.82) is 0 Å². The molecule has 0 aromatic carbocycles. The fourth-order valence-corrected chi connectivity index (χ4v) is 0.787. The van der Waals surface area contributed by atoms with E-state index >= 15 is 0 Å². The second-order valence-corrected chi connectivity index (χ2v) is 2.13. The van der Waals surface area contributed by atoms with E-state index in [-0.39, 0.29) is 5.82 Å². The monoisotopic (exact) mass is 157 g/mol. The number of aromatic nitrogens is 1.